The molecule has 2 heterocycles. The summed E-state index contributed by atoms with van der Waals surface area (Å²) in [6.07, 6.45) is 1.69. The van der Waals surface area contributed by atoms with Gasteiger partial charge in [0.1, 0.15) is 5.60 Å². The molecule has 0 spiro atoms. The van der Waals surface area contributed by atoms with E-state index in [1.165, 1.54) is 0 Å². The first-order chi connectivity index (χ1) is 7.73. The Bertz CT molecular complexity index is 282. The minimum absolute atomic E-state index is 0.0873. The maximum Gasteiger partial charge on any atom is 0.103 e. The molecule has 0 radical (unpaired) electrons. The van der Waals surface area contributed by atoms with Crippen molar-refractivity contribution in [2.45, 2.75) is 63.4 Å². The Kier molecular flexibility index (Phi) is 3.28. The van der Waals surface area contributed by atoms with Crippen LogP contribution in [-0.4, -0.2) is 47.7 Å². The molecule has 2 fully saturated rings. The molecule has 100 valence electrons. The Hall–Kier alpha value is -0.160. The van der Waals surface area contributed by atoms with Crippen molar-refractivity contribution >= 4 is 0 Å². The van der Waals surface area contributed by atoms with Gasteiger partial charge < -0.3 is 19.9 Å². The SMILES string of the molecule is CC1(C)C[C@H](NC[C@@]2(O)CCOC2)C(C)(C)O1. The molecule has 0 aliphatic carbocycles. The van der Waals surface area contributed by atoms with Crippen LogP contribution in [0.3, 0.4) is 0 Å². The highest BCUT2D eigenvalue weighted by Gasteiger charge is 2.46. The predicted molar refractivity (Wildman–Crippen MR) is 66.0 cm³/mol. The van der Waals surface area contributed by atoms with Crippen LogP contribution in [0.1, 0.15) is 40.5 Å². The first-order valence-electron chi connectivity index (χ1n) is 6.46. The van der Waals surface area contributed by atoms with Gasteiger partial charge in [-0.05, 0) is 34.1 Å². The highest BCUT2D eigenvalue weighted by molar-refractivity contribution is 5.00. The standard InChI is InChI=1S/C13H25NO3/c1-11(2)7-10(12(3,4)17-11)14-8-13(15)5-6-16-9-13/h10,14-15H,5-9H2,1-4H3/t10-,13-/m0/s1. The summed E-state index contributed by atoms with van der Waals surface area (Å²) in [5.74, 6) is 0. The molecule has 4 nitrogen and oxygen atoms in total. The van der Waals surface area contributed by atoms with Gasteiger partial charge in [0.15, 0.2) is 0 Å². The minimum Gasteiger partial charge on any atom is -0.386 e. The van der Waals surface area contributed by atoms with Crippen LogP contribution in [0.15, 0.2) is 0 Å². The third-order valence-corrected chi connectivity index (χ3v) is 3.83. The summed E-state index contributed by atoms with van der Waals surface area (Å²) in [4.78, 5) is 0. The van der Waals surface area contributed by atoms with E-state index in [-0.39, 0.29) is 17.2 Å². The highest BCUT2D eigenvalue weighted by atomic mass is 16.5. The number of ether oxygens (including phenoxy) is 2. The van der Waals surface area contributed by atoms with Gasteiger partial charge in [0.2, 0.25) is 0 Å². The van der Waals surface area contributed by atoms with Crippen LogP contribution in [0.2, 0.25) is 0 Å². The minimum atomic E-state index is -0.692. The van der Waals surface area contributed by atoms with E-state index in [0.717, 1.165) is 12.8 Å². The number of hydrogen-bond donors (Lipinski definition) is 2. The van der Waals surface area contributed by atoms with Crippen LogP contribution in [0.5, 0.6) is 0 Å². The number of nitrogens with one attached hydrogen (secondary N) is 1. The van der Waals surface area contributed by atoms with Gasteiger partial charge in [0, 0.05) is 25.6 Å². The number of hydrogen-bond acceptors (Lipinski definition) is 4. The zero-order valence-electron chi connectivity index (χ0n) is 11.4. The Balaban J connectivity index is 1.91. The van der Waals surface area contributed by atoms with E-state index in [1.807, 2.05) is 0 Å². The second kappa shape index (κ2) is 4.19. The third kappa shape index (κ3) is 2.99. The fraction of sp³-hybridized carbons (Fsp3) is 1.00. The molecule has 0 aromatic carbocycles. The molecule has 4 heteroatoms. The molecule has 0 aromatic heterocycles. The molecule has 2 rings (SSSR count). The van der Waals surface area contributed by atoms with Gasteiger partial charge in [-0.2, -0.15) is 0 Å². The molecule has 2 aliphatic heterocycles. The maximum atomic E-state index is 10.2. The van der Waals surface area contributed by atoms with Gasteiger partial charge in [-0.1, -0.05) is 0 Å². The van der Waals surface area contributed by atoms with E-state index < -0.39 is 5.60 Å². The molecule has 2 N–H and O–H groups in total. The van der Waals surface area contributed by atoms with Crippen molar-refractivity contribution in [3.05, 3.63) is 0 Å². The van der Waals surface area contributed by atoms with Crippen molar-refractivity contribution < 1.29 is 14.6 Å². The lowest BCUT2D eigenvalue weighted by molar-refractivity contribution is -0.0713. The van der Waals surface area contributed by atoms with Crippen LogP contribution in [-0.2, 0) is 9.47 Å². The van der Waals surface area contributed by atoms with Crippen molar-refractivity contribution in [3.8, 4) is 0 Å². The lowest BCUT2D eigenvalue weighted by Gasteiger charge is -2.30. The highest BCUT2D eigenvalue weighted by Crippen LogP contribution is 2.37. The second-order valence-electron chi connectivity index (χ2n) is 6.63. The molecule has 0 saturated carbocycles. The molecule has 2 atom stereocenters. The first-order valence-corrected chi connectivity index (χ1v) is 6.46. The number of rotatable bonds is 3. The fourth-order valence-electron chi connectivity index (χ4n) is 2.93. The smallest absolute Gasteiger partial charge is 0.103 e. The largest absolute Gasteiger partial charge is 0.386 e. The van der Waals surface area contributed by atoms with Gasteiger partial charge in [-0.15, -0.1) is 0 Å². The van der Waals surface area contributed by atoms with Crippen molar-refractivity contribution in [1.82, 2.24) is 5.32 Å². The zero-order valence-corrected chi connectivity index (χ0v) is 11.4. The Morgan fingerprint density at radius 2 is 2.00 bits per heavy atom. The molecule has 2 aliphatic rings. The van der Waals surface area contributed by atoms with Crippen molar-refractivity contribution in [1.29, 1.82) is 0 Å². The van der Waals surface area contributed by atoms with E-state index in [1.54, 1.807) is 0 Å². The topological polar surface area (TPSA) is 50.7 Å². The maximum absolute atomic E-state index is 10.2. The summed E-state index contributed by atoms with van der Waals surface area (Å²) in [5, 5.41) is 13.7. The van der Waals surface area contributed by atoms with Crippen LogP contribution in [0.4, 0.5) is 0 Å². The zero-order chi connectivity index (χ0) is 12.7. The molecule has 2 saturated heterocycles. The molecular weight excluding hydrogens is 218 g/mol. The summed E-state index contributed by atoms with van der Waals surface area (Å²) in [6.45, 7) is 10.1. The quantitative estimate of drug-likeness (QED) is 0.778. The summed E-state index contributed by atoms with van der Waals surface area (Å²) in [5.41, 5.74) is -0.960. The fourth-order valence-corrected chi connectivity index (χ4v) is 2.93. The van der Waals surface area contributed by atoms with Gasteiger partial charge in [-0.25, -0.2) is 0 Å². The van der Waals surface area contributed by atoms with Gasteiger partial charge >= 0.3 is 0 Å². The summed E-state index contributed by atoms with van der Waals surface area (Å²) < 4.78 is 11.3. The second-order valence-corrected chi connectivity index (χ2v) is 6.63. The number of aliphatic hydroxyl groups is 1. The summed E-state index contributed by atoms with van der Waals surface area (Å²) >= 11 is 0. The van der Waals surface area contributed by atoms with E-state index in [0.29, 0.717) is 19.8 Å². The van der Waals surface area contributed by atoms with E-state index in [2.05, 4.69) is 33.0 Å². The molecule has 0 aromatic rings. The van der Waals surface area contributed by atoms with Crippen LogP contribution in [0, 0.1) is 0 Å². The Morgan fingerprint density at radius 1 is 1.29 bits per heavy atom. The van der Waals surface area contributed by atoms with Gasteiger partial charge in [0.05, 0.1) is 17.8 Å². The van der Waals surface area contributed by atoms with Gasteiger partial charge in [-0.3, -0.25) is 0 Å². The Labute approximate surface area is 104 Å². The first kappa shape index (κ1) is 13.3. The average Bonchev–Trinajstić information content (AvgIpc) is 2.65. The van der Waals surface area contributed by atoms with E-state index in [9.17, 15) is 5.11 Å². The van der Waals surface area contributed by atoms with Crippen LogP contribution >= 0.6 is 0 Å². The summed E-state index contributed by atoms with van der Waals surface area (Å²) in [6, 6.07) is 0.280. The molecule has 0 unspecified atom stereocenters. The lowest BCUT2D eigenvalue weighted by atomic mass is 9.93. The van der Waals surface area contributed by atoms with Gasteiger partial charge in [0.25, 0.3) is 0 Å². The van der Waals surface area contributed by atoms with Crippen LogP contribution < -0.4 is 5.32 Å². The van der Waals surface area contributed by atoms with E-state index in [4.69, 9.17) is 9.47 Å². The normalized spacial score (nSPS) is 39.7. The molecule has 0 bridgehead atoms. The third-order valence-electron chi connectivity index (χ3n) is 3.83. The average molecular weight is 243 g/mol. The Morgan fingerprint density at radius 3 is 2.47 bits per heavy atom. The molecular formula is C13H25NO3. The van der Waals surface area contributed by atoms with Crippen molar-refractivity contribution in [2.24, 2.45) is 0 Å². The monoisotopic (exact) mass is 243 g/mol. The summed E-state index contributed by atoms with van der Waals surface area (Å²) in [7, 11) is 0. The molecule has 0 amide bonds. The predicted octanol–water partition coefficient (Wildman–Crippen LogP) is 1.07. The molecule has 17 heavy (non-hydrogen) atoms. The van der Waals surface area contributed by atoms with Crippen LogP contribution in [0.25, 0.3) is 0 Å². The lowest BCUT2D eigenvalue weighted by Crippen LogP contribution is -2.50. The van der Waals surface area contributed by atoms with Crippen molar-refractivity contribution in [3.63, 3.8) is 0 Å². The van der Waals surface area contributed by atoms with E-state index >= 15 is 0 Å². The van der Waals surface area contributed by atoms with Crippen molar-refractivity contribution in [2.75, 3.05) is 19.8 Å².